The number of carbonyl (C=O) groups is 3. The number of nitrogens with two attached hydrogens (primary N) is 1. The lowest BCUT2D eigenvalue weighted by Crippen LogP contribution is -2.41. The highest BCUT2D eigenvalue weighted by Gasteiger charge is 2.26. The van der Waals surface area contributed by atoms with E-state index < -0.39 is 23.9 Å². The number of nitrogen functional groups attached to an aromatic ring is 1. The summed E-state index contributed by atoms with van der Waals surface area (Å²) in [5.74, 6) is -2.78. The van der Waals surface area contributed by atoms with E-state index >= 15 is 0 Å². The zero-order valence-electron chi connectivity index (χ0n) is 18.3. The van der Waals surface area contributed by atoms with Crippen molar-refractivity contribution in [3.63, 3.8) is 0 Å². The summed E-state index contributed by atoms with van der Waals surface area (Å²) in [5.41, 5.74) is 7.56. The van der Waals surface area contributed by atoms with Crippen LogP contribution in [0.1, 0.15) is 23.2 Å². The predicted molar refractivity (Wildman–Crippen MR) is 129 cm³/mol. The van der Waals surface area contributed by atoms with Crippen LogP contribution in [0.15, 0.2) is 36.2 Å². The lowest BCUT2D eigenvalue weighted by molar-refractivity contribution is -0.140. The minimum atomic E-state index is -1.32. The van der Waals surface area contributed by atoms with Crippen molar-refractivity contribution in [1.29, 1.82) is 5.41 Å². The number of anilines is 4. The molecule has 3 rings (SSSR count). The number of amides is 1. The number of nitrogens with zero attached hydrogens (tertiary/aromatic N) is 4. The Bertz CT molecular complexity index is 1250. The Hall–Kier alpha value is -3.97. The first kappa shape index (κ1) is 25.6. The molecule has 0 saturated heterocycles. The molecule has 0 aliphatic carbocycles. The predicted octanol–water partition coefficient (Wildman–Crippen LogP) is 1.36. The molecule has 0 bridgehead atoms. The molecule has 15 heteroatoms. The fraction of sp³-hybridized carbons (Fsp3) is 0.250. The fourth-order valence-corrected chi connectivity index (χ4v) is 3.64. The average molecular weight is 525 g/mol. The van der Waals surface area contributed by atoms with Gasteiger partial charge in [0, 0.05) is 54.5 Å². The van der Waals surface area contributed by atoms with E-state index in [4.69, 9.17) is 39.8 Å². The number of halogens is 2. The molecule has 1 aliphatic heterocycles. The van der Waals surface area contributed by atoms with Crippen molar-refractivity contribution in [2.75, 3.05) is 34.0 Å². The molecule has 1 aromatic carbocycles. The van der Waals surface area contributed by atoms with Gasteiger partial charge in [0.25, 0.3) is 5.91 Å². The van der Waals surface area contributed by atoms with Crippen LogP contribution < -0.4 is 31.3 Å². The number of aliphatic carboxylic acids is 2. The maximum absolute atomic E-state index is 12.4. The molecule has 1 atom stereocenters. The van der Waals surface area contributed by atoms with Gasteiger partial charge in [-0.3, -0.25) is 15.0 Å². The molecule has 0 radical (unpaired) electrons. The van der Waals surface area contributed by atoms with Gasteiger partial charge in [-0.1, -0.05) is 0 Å². The Morgan fingerprint density at radius 2 is 1.91 bits per heavy atom. The molecular weight excluding hydrogens is 503 g/mol. The van der Waals surface area contributed by atoms with Crippen LogP contribution >= 0.6 is 23.6 Å². The Morgan fingerprint density at radius 1 is 1.26 bits per heavy atom. The second-order valence-electron chi connectivity index (χ2n) is 7.56. The number of carboxylic acids is 2. The van der Waals surface area contributed by atoms with Gasteiger partial charge < -0.3 is 31.5 Å². The van der Waals surface area contributed by atoms with E-state index in [0.29, 0.717) is 17.9 Å². The highest BCUT2D eigenvalue weighted by molar-refractivity contribution is 6.30. The summed E-state index contributed by atoms with van der Waals surface area (Å²) in [6, 6.07) is 5.06. The summed E-state index contributed by atoms with van der Waals surface area (Å²) in [6.07, 6.45) is 0.997. The number of hydrogen-bond donors (Lipinski definition) is 6. The monoisotopic (exact) mass is 524 g/mol. The zero-order chi connectivity index (χ0) is 25.9. The van der Waals surface area contributed by atoms with Gasteiger partial charge in [0.05, 0.1) is 12.2 Å². The first-order chi connectivity index (χ1) is 16.5. The fourth-order valence-electron chi connectivity index (χ4n) is 3.25. The molecular formula is C20H22Cl2N8O5. The number of likely N-dealkylation sites (N-methyl/N-ethyl adjacent to an activating group) is 1. The van der Waals surface area contributed by atoms with Gasteiger partial charge in [-0.15, -0.1) is 0 Å². The van der Waals surface area contributed by atoms with Crippen molar-refractivity contribution in [2.45, 2.75) is 18.9 Å². The van der Waals surface area contributed by atoms with Crippen LogP contribution in [-0.4, -0.2) is 56.8 Å². The van der Waals surface area contributed by atoms with Gasteiger partial charge in [-0.2, -0.15) is 4.98 Å². The van der Waals surface area contributed by atoms with Crippen molar-refractivity contribution in [1.82, 2.24) is 14.4 Å². The number of fused-ring (bicyclic) bond motifs is 1. The number of benzene rings is 1. The molecule has 0 saturated carbocycles. The van der Waals surface area contributed by atoms with E-state index in [0.717, 1.165) is 9.77 Å². The number of carbonyl (C=O) groups excluding carboxylic acids is 1. The number of nitrogens with one attached hydrogen (secondary N) is 3. The van der Waals surface area contributed by atoms with Crippen LogP contribution in [-0.2, 0) is 9.59 Å². The molecule has 0 fully saturated rings. The molecule has 1 amide bonds. The zero-order valence-corrected chi connectivity index (χ0v) is 19.8. The van der Waals surface area contributed by atoms with E-state index in [-0.39, 0.29) is 35.7 Å². The molecule has 1 aromatic heterocycles. The topological polar surface area (TPSA) is 190 Å². The average Bonchev–Trinajstić information content (AvgIpc) is 2.81. The smallest absolute Gasteiger partial charge is 0.326 e. The van der Waals surface area contributed by atoms with Crippen molar-refractivity contribution < 1.29 is 24.6 Å². The molecule has 2 heterocycles. The van der Waals surface area contributed by atoms with Crippen LogP contribution in [0.25, 0.3) is 0 Å². The van der Waals surface area contributed by atoms with Crippen LogP contribution in [0.4, 0.5) is 23.0 Å². The Morgan fingerprint density at radius 3 is 2.51 bits per heavy atom. The summed E-state index contributed by atoms with van der Waals surface area (Å²) in [4.78, 5) is 40.3. The van der Waals surface area contributed by atoms with Gasteiger partial charge in [0.1, 0.15) is 11.7 Å². The van der Waals surface area contributed by atoms with E-state index in [9.17, 15) is 19.5 Å². The number of rotatable bonds is 9. The molecule has 186 valence electrons. The molecule has 35 heavy (non-hydrogen) atoms. The summed E-state index contributed by atoms with van der Waals surface area (Å²) < 4.78 is 2.16. The maximum Gasteiger partial charge on any atom is 0.326 e. The van der Waals surface area contributed by atoms with Crippen LogP contribution in [0.2, 0.25) is 0 Å². The van der Waals surface area contributed by atoms with Gasteiger partial charge in [-0.25, -0.2) is 13.3 Å². The molecule has 2 aromatic rings. The number of hydrogen-bond acceptors (Lipinski definition) is 9. The SMILES string of the molecule is CN(CC1=CNc2nc(=N)n(Cl)c(N)c2N1Cl)c1ccc(C(=O)N[C@@H](CCC(=O)O)C(=O)O)cc1. The quantitative estimate of drug-likeness (QED) is 0.261. The minimum absolute atomic E-state index is 0.0378. The van der Waals surface area contributed by atoms with Crippen LogP contribution in [0, 0.1) is 5.41 Å². The van der Waals surface area contributed by atoms with Crippen molar-refractivity contribution in [3.8, 4) is 0 Å². The van der Waals surface area contributed by atoms with E-state index in [1.807, 2.05) is 4.90 Å². The first-order valence-corrected chi connectivity index (χ1v) is 10.8. The Balaban J connectivity index is 1.68. The van der Waals surface area contributed by atoms with Gasteiger partial charge in [0.15, 0.2) is 11.6 Å². The highest BCUT2D eigenvalue weighted by atomic mass is 35.5. The van der Waals surface area contributed by atoms with E-state index in [1.54, 1.807) is 25.4 Å². The molecule has 0 spiro atoms. The highest BCUT2D eigenvalue weighted by Crippen LogP contribution is 2.37. The molecule has 0 unspecified atom stereocenters. The van der Waals surface area contributed by atoms with Gasteiger partial charge >= 0.3 is 11.9 Å². The Labute approximate surface area is 209 Å². The van der Waals surface area contributed by atoms with Crippen LogP contribution in [0.3, 0.4) is 0 Å². The molecule has 1 aliphatic rings. The molecule has 13 nitrogen and oxygen atoms in total. The third-order valence-corrected chi connectivity index (χ3v) is 5.85. The van der Waals surface area contributed by atoms with E-state index in [1.165, 1.54) is 16.6 Å². The summed E-state index contributed by atoms with van der Waals surface area (Å²) in [7, 11) is 1.79. The van der Waals surface area contributed by atoms with Crippen LogP contribution in [0.5, 0.6) is 0 Å². The normalized spacial score (nSPS) is 13.2. The summed E-state index contributed by atoms with van der Waals surface area (Å²) in [6.45, 7) is 0.308. The lowest BCUT2D eigenvalue weighted by Gasteiger charge is -2.30. The third kappa shape index (κ3) is 5.75. The number of aromatic nitrogens is 2. The minimum Gasteiger partial charge on any atom is -0.481 e. The standard InChI is InChI=1S/C20H22Cl2N8O5/c1-28(9-12-8-25-17-15(29(12)21)16(23)30(22)20(24)27-17)11-4-2-10(3-5-11)18(33)26-13(19(34)35)6-7-14(31)32/h2-5,8,13H,6-7,9,23H2,1H3,(H,26,33)(H,31,32)(H,34,35)(H2,24,25,27)/t13-/m0/s1. The first-order valence-electron chi connectivity index (χ1n) is 10.1. The summed E-state index contributed by atoms with van der Waals surface area (Å²) >= 11 is 12.4. The second kappa shape index (κ2) is 10.5. The number of carboxylic acid groups (broad SMARTS) is 2. The van der Waals surface area contributed by atoms with Crippen molar-refractivity contribution in [2.24, 2.45) is 0 Å². The van der Waals surface area contributed by atoms with Gasteiger partial charge in [0.2, 0.25) is 5.62 Å². The van der Waals surface area contributed by atoms with Crippen molar-refractivity contribution >= 4 is 64.4 Å². The second-order valence-corrected chi connectivity index (χ2v) is 8.24. The summed E-state index contributed by atoms with van der Waals surface area (Å²) in [5, 5.41) is 30.9. The Kier molecular flexibility index (Phi) is 7.71. The lowest BCUT2D eigenvalue weighted by atomic mass is 10.1. The third-order valence-electron chi connectivity index (χ3n) is 5.13. The van der Waals surface area contributed by atoms with Crippen molar-refractivity contribution in [3.05, 3.63) is 47.3 Å². The largest absolute Gasteiger partial charge is 0.481 e. The maximum atomic E-state index is 12.4. The molecule has 7 N–H and O–H groups in total. The van der Waals surface area contributed by atoms with E-state index in [2.05, 4.69) is 15.6 Å². The van der Waals surface area contributed by atoms with Gasteiger partial charge in [-0.05, 0) is 30.7 Å².